The fourth-order valence-corrected chi connectivity index (χ4v) is 6.48. The van der Waals surface area contributed by atoms with Crippen LogP contribution in [0.15, 0.2) is 73.2 Å². The molecular formula is C32H30ClN7O3. The summed E-state index contributed by atoms with van der Waals surface area (Å²) in [5.41, 5.74) is 4.77. The predicted octanol–water partition coefficient (Wildman–Crippen LogP) is 4.48. The molecule has 7 rings (SSSR count). The number of rotatable bonds is 7. The average molecular weight is 596 g/mol. The largest absolute Gasteiger partial charge is 0.490 e. The minimum absolute atomic E-state index is 0.0164. The zero-order chi connectivity index (χ0) is 29.5. The van der Waals surface area contributed by atoms with Crippen molar-refractivity contribution in [2.24, 2.45) is 0 Å². The number of amides is 1. The summed E-state index contributed by atoms with van der Waals surface area (Å²) in [6.45, 7) is 2.15. The van der Waals surface area contributed by atoms with Crippen molar-refractivity contribution in [3.8, 4) is 28.7 Å². The van der Waals surface area contributed by atoms with Gasteiger partial charge in [-0.05, 0) is 55.4 Å². The topological polar surface area (TPSA) is 110 Å². The molecule has 0 bridgehead atoms. The molecule has 1 saturated heterocycles. The number of benzene rings is 2. The minimum Gasteiger partial charge on any atom is -0.490 e. The molecule has 0 spiro atoms. The molecule has 2 aromatic carbocycles. The van der Waals surface area contributed by atoms with Crippen LogP contribution in [0, 0.1) is 0 Å². The Morgan fingerprint density at radius 3 is 2.65 bits per heavy atom. The summed E-state index contributed by atoms with van der Waals surface area (Å²) in [4.78, 5) is 36.3. The molecule has 2 aliphatic rings. The molecule has 11 heteroatoms. The number of likely N-dealkylation sites (tertiary alicyclic amines) is 1. The number of aliphatic hydroxyl groups is 1. The average Bonchev–Trinajstić information content (AvgIpc) is 3.57. The van der Waals surface area contributed by atoms with Crippen molar-refractivity contribution in [1.82, 2.24) is 34.3 Å². The minimum atomic E-state index is -0.0956. The maximum Gasteiger partial charge on any atom is 0.254 e. The van der Waals surface area contributed by atoms with E-state index in [9.17, 15) is 9.90 Å². The highest BCUT2D eigenvalue weighted by Crippen LogP contribution is 2.39. The Labute approximate surface area is 253 Å². The lowest BCUT2D eigenvalue weighted by Crippen LogP contribution is -2.50. The molecule has 0 radical (unpaired) electrons. The van der Waals surface area contributed by atoms with E-state index in [1.54, 1.807) is 30.7 Å². The molecule has 5 aromatic rings. The van der Waals surface area contributed by atoms with Gasteiger partial charge < -0.3 is 24.2 Å². The maximum atomic E-state index is 13.6. The summed E-state index contributed by atoms with van der Waals surface area (Å²) in [5.74, 6) is 1.92. The van der Waals surface area contributed by atoms with Gasteiger partial charge in [0, 0.05) is 48.7 Å². The van der Waals surface area contributed by atoms with Gasteiger partial charge in [-0.25, -0.2) is 15.0 Å². The normalized spacial score (nSPS) is 18.8. The fraction of sp³-hybridized carbons (Fsp3) is 0.281. The second-order valence-electron chi connectivity index (χ2n) is 11.0. The van der Waals surface area contributed by atoms with Crippen LogP contribution in [-0.2, 0) is 6.54 Å². The molecule has 218 valence electrons. The number of nitrogens with zero attached hydrogens (tertiary/aromatic N) is 7. The SMILES string of the molecule is CN1CC(N2Cc3ccc(Cl)cc3C2=O)CC(n2c(-c3ccccc3OCCO)nc3cnc(-c4ncccn4)cc32)C1. The van der Waals surface area contributed by atoms with Gasteiger partial charge in [-0.15, -0.1) is 0 Å². The molecule has 1 amide bonds. The van der Waals surface area contributed by atoms with Crippen molar-refractivity contribution in [2.75, 3.05) is 33.4 Å². The lowest BCUT2D eigenvalue weighted by Gasteiger charge is -2.41. The lowest BCUT2D eigenvalue weighted by atomic mass is 9.98. The maximum absolute atomic E-state index is 13.6. The first-order valence-corrected chi connectivity index (χ1v) is 14.6. The van der Waals surface area contributed by atoms with Gasteiger partial charge in [-0.1, -0.05) is 29.8 Å². The second kappa shape index (κ2) is 11.4. The van der Waals surface area contributed by atoms with E-state index in [1.807, 2.05) is 47.4 Å². The Morgan fingerprint density at radius 1 is 1.00 bits per heavy atom. The monoisotopic (exact) mass is 595 g/mol. The zero-order valence-corrected chi connectivity index (χ0v) is 24.4. The number of halogens is 1. The van der Waals surface area contributed by atoms with Crippen LogP contribution in [0.2, 0.25) is 5.02 Å². The van der Waals surface area contributed by atoms with Crippen LogP contribution in [0.3, 0.4) is 0 Å². The van der Waals surface area contributed by atoms with Crippen molar-refractivity contribution in [2.45, 2.75) is 25.0 Å². The number of hydrogen-bond acceptors (Lipinski definition) is 8. The first-order valence-electron chi connectivity index (χ1n) is 14.3. The highest BCUT2D eigenvalue weighted by Gasteiger charge is 2.38. The first-order chi connectivity index (χ1) is 21.0. The molecule has 0 aliphatic carbocycles. The molecule has 2 aliphatic heterocycles. The predicted molar refractivity (Wildman–Crippen MR) is 163 cm³/mol. The van der Waals surface area contributed by atoms with Crippen molar-refractivity contribution >= 4 is 28.5 Å². The second-order valence-corrected chi connectivity index (χ2v) is 11.4. The van der Waals surface area contributed by atoms with Crippen LogP contribution in [0.1, 0.15) is 28.4 Å². The smallest absolute Gasteiger partial charge is 0.254 e. The van der Waals surface area contributed by atoms with Crippen LogP contribution in [0.25, 0.3) is 33.9 Å². The van der Waals surface area contributed by atoms with E-state index in [0.717, 1.165) is 47.5 Å². The Morgan fingerprint density at radius 2 is 1.81 bits per heavy atom. The van der Waals surface area contributed by atoms with E-state index in [4.69, 9.17) is 21.3 Å². The number of aromatic nitrogens is 5. The molecule has 2 unspecified atom stereocenters. The van der Waals surface area contributed by atoms with Crippen molar-refractivity contribution in [1.29, 1.82) is 0 Å². The van der Waals surface area contributed by atoms with E-state index in [-0.39, 0.29) is 31.2 Å². The van der Waals surface area contributed by atoms with Crippen molar-refractivity contribution in [3.63, 3.8) is 0 Å². The molecule has 3 aromatic heterocycles. The van der Waals surface area contributed by atoms with Crippen LogP contribution in [0.5, 0.6) is 5.75 Å². The van der Waals surface area contributed by atoms with E-state index >= 15 is 0 Å². The van der Waals surface area contributed by atoms with Crippen LogP contribution < -0.4 is 4.74 Å². The van der Waals surface area contributed by atoms with Gasteiger partial charge in [0.25, 0.3) is 5.91 Å². The standard InChI is InChI=1S/C32H30ClN7O3/c1-38-18-22(39-17-20-7-8-21(33)13-25(20)32(39)42)14-23(19-38)40-28-15-26(30-34-9-4-10-35-30)36-16-27(28)37-31(40)24-5-2-3-6-29(24)43-12-11-41/h2-10,13,15-16,22-23,41H,11-12,14,17-19H2,1H3. The van der Waals surface area contributed by atoms with Gasteiger partial charge in [-0.2, -0.15) is 0 Å². The van der Waals surface area contributed by atoms with Gasteiger partial charge in [0.15, 0.2) is 5.82 Å². The number of carbonyl (C=O) groups is 1. The van der Waals surface area contributed by atoms with Gasteiger partial charge in [0.05, 0.1) is 29.9 Å². The van der Waals surface area contributed by atoms with Gasteiger partial charge in [0.2, 0.25) is 0 Å². The number of imidazole rings is 1. The summed E-state index contributed by atoms with van der Waals surface area (Å²) in [5, 5.41) is 10.0. The highest BCUT2D eigenvalue weighted by molar-refractivity contribution is 6.31. The van der Waals surface area contributed by atoms with Crippen LogP contribution >= 0.6 is 11.6 Å². The number of hydrogen-bond donors (Lipinski definition) is 1. The Balaban J connectivity index is 1.34. The van der Waals surface area contributed by atoms with Gasteiger partial charge >= 0.3 is 0 Å². The number of fused-ring (bicyclic) bond motifs is 2. The van der Waals surface area contributed by atoms with E-state index in [0.29, 0.717) is 34.4 Å². The van der Waals surface area contributed by atoms with Crippen molar-refractivity contribution < 1.29 is 14.6 Å². The molecule has 10 nitrogen and oxygen atoms in total. The number of aliphatic hydroxyl groups excluding tert-OH is 1. The zero-order valence-electron chi connectivity index (χ0n) is 23.6. The Hall–Kier alpha value is -4.38. The quantitative estimate of drug-likeness (QED) is 0.293. The molecule has 1 N–H and O–H groups in total. The number of para-hydroxylation sites is 1. The fourth-order valence-electron chi connectivity index (χ4n) is 6.31. The summed E-state index contributed by atoms with van der Waals surface area (Å²) in [6, 6.07) is 17.0. The van der Waals surface area contributed by atoms with Gasteiger partial charge in [-0.3, -0.25) is 9.78 Å². The highest BCUT2D eigenvalue weighted by atomic mass is 35.5. The third kappa shape index (κ3) is 5.11. The summed E-state index contributed by atoms with van der Waals surface area (Å²) in [7, 11) is 2.09. The first kappa shape index (κ1) is 27.5. The summed E-state index contributed by atoms with van der Waals surface area (Å²) >= 11 is 6.24. The summed E-state index contributed by atoms with van der Waals surface area (Å²) < 4.78 is 8.19. The molecule has 1 fully saturated rings. The number of ether oxygens (including phenoxy) is 1. The third-order valence-corrected chi connectivity index (χ3v) is 8.38. The summed E-state index contributed by atoms with van der Waals surface area (Å²) in [6.07, 6.45) is 5.89. The number of pyridine rings is 1. The van der Waals surface area contributed by atoms with E-state index in [1.165, 1.54) is 0 Å². The molecule has 0 saturated carbocycles. The van der Waals surface area contributed by atoms with Crippen LogP contribution in [0.4, 0.5) is 0 Å². The van der Waals surface area contributed by atoms with E-state index < -0.39 is 0 Å². The number of likely N-dealkylation sites (N-methyl/N-ethyl adjacent to an activating group) is 1. The Kier molecular flexibility index (Phi) is 7.26. The van der Waals surface area contributed by atoms with Gasteiger partial charge in [0.1, 0.15) is 29.4 Å². The molecule has 5 heterocycles. The van der Waals surface area contributed by atoms with E-state index in [2.05, 4.69) is 31.5 Å². The molecule has 2 atom stereocenters. The molecule has 43 heavy (non-hydrogen) atoms. The number of piperidine rings is 1. The molecular weight excluding hydrogens is 566 g/mol. The third-order valence-electron chi connectivity index (χ3n) is 8.15. The lowest BCUT2D eigenvalue weighted by molar-refractivity contribution is 0.0532. The number of carbonyl (C=O) groups excluding carboxylic acids is 1. The van der Waals surface area contributed by atoms with Crippen LogP contribution in [-0.4, -0.2) is 84.7 Å². The van der Waals surface area contributed by atoms with Crippen molar-refractivity contribution in [3.05, 3.63) is 89.3 Å². The Bertz CT molecular complexity index is 1810.